The standard InChI is InChI=1S/C17H21N3O2/c1-12-7-13(2)10-19(9-12)16(21)11-20-17(22)15-6-4-3-5-14(15)8-18-20/h3-6,8,12-13H,7,9-11H2,1-2H3. The lowest BCUT2D eigenvalue weighted by atomic mass is 9.92. The summed E-state index contributed by atoms with van der Waals surface area (Å²) in [5.41, 5.74) is -0.204. The SMILES string of the molecule is CC1CC(C)CN(C(=O)Cn2ncc3ccccc3c2=O)C1. The fraction of sp³-hybridized carbons (Fsp3) is 0.471. The number of hydrogen-bond acceptors (Lipinski definition) is 3. The summed E-state index contributed by atoms with van der Waals surface area (Å²) in [6.07, 6.45) is 2.80. The van der Waals surface area contributed by atoms with Crippen molar-refractivity contribution in [2.75, 3.05) is 13.1 Å². The van der Waals surface area contributed by atoms with Crippen molar-refractivity contribution in [1.82, 2.24) is 14.7 Å². The van der Waals surface area contributed by atoms with Crippen LogP contribution < -0.4 is 5.56 Å². The summed E-state index contributed by atoms with van der Waals surface area (Å²) in [6, 6.07) is 7.31. The van der Waals surface area contributed by atoms with E-state index >= 15 is 0 Å². The van der Waals surface area contributed by atoms with Crippen molar-refractivity contribution < 1.29 is 4.79 Å². The average Bonchev–Trinajstić information content (AvgIpc) is 2.49. The van der Waals surface area contributed by atoms with E-state index in [1.807, 2.05) is 23.1 Å². The van der Waals surface area contributed by atoms with E-state index in [2.05, 4.69) is 18.9 Å². The lowest BCUT2D eigenvalue weighted by molar-refractivity contribution is -0.134. The van der Waals surface area contributed by atoms with E-state index in [0.29, 0.717) is 17.2 Å². The van der Waals surface area contributed by atoms with Crippen molar-refractivity contribution in [3.8, 4) is 0 Å². The van der Waals surface area contributed by atoms with Crippen LogP contribution in [0, 0.1) is 11.8 Å². The van der Waals surface area contributed by atoms with Crippen molar-refractivity contribution in [2.45, 2.75) is 26.8 Å². The van der Waals surface area contributed by atoms with Crippen molar-refractivity contribution >= 4 is 16.7 Å². The Labute approximate surface area is 129 Å². The molecule has 0 bridgehead atoms. The lowest BCUT2D eigenvalue weighted by Gasteiger charge is -2.35. The molecule has 2 heterocycles. The first-order valence-electron chi connectivity index (χ1n) is 7.77. The maximum atomic E-state index is 12.5. The third-order valence-electron chi connectivity index (χ3n) is 4.27. The summed E-state index contributed by atoms with van der Waals surface area (Å²) in [4.78, 5) is 26.7. The van der Waals surface area contributed by atoms with E-state index < -0.39 is 0 Å². The number of likely N-dealkylation sites (tertiary alicyclic amines) is 1. The maximum Gasteiger partial charge on any atom is 0.275 e. The minimum absolute atomic E-state index is 0.0170. The second-order valence-electron chi connectivity index (χ2n) is 6.44. The van der Waals surface area contributed by atoms with E-state index in [1.54, 1.807) is 12.3 Å². The summed E-state index contributed by atoms with van der Waals surface area (Å²) >= 11 is 0. The molecule has 22 heavy (non-hydrogen) atoms. The smallest absolute Gasteiger partial charge is 0.275 e. The molecule has 0 saturated carbocycles. The molecule has 1 amide bonds. The minimum atomic E-state index is -0.204. The largest absolute Gasteiger partial charge is 0.341 e. The molecule has 1 aliphatic heterocycles. The second-order valence-corrected chi connectivity index (χ2v) is 6.44. The molecule has 5 heteroatoms. The Kier molecular flexibility index (Phi) is 3.96. The van der Waals surface area contributed by atoms with Crippen LogP contribution >= 0.6 is 0 Å². The van der Waals surface area contributed by atoms with E-state index in [0.717, 1.165) is 24.9 Å². The number of rotatable bonds is 2. The van der Waals surface area contributed by atoms with Crippen molar-refractivity contribution in [3.63, 3.8) is 0 Å². The van der Waals surface area contributed by atoms with Crippen LogP contribution in [0.2, 0.25) is 0 Å². The fourth-order valence-corrected chi connectivity index (χ4v) is 3.34. The highest BCUT2D eigenvalue weighted by molar-refractivity contribution is 5.81. The normalized spacial score (nSPS) is 22.0. The summed E-state index contributed by atoms with van der Waals surface area (Å²) in [5, 5.41) is 5.54. The Bertz CT molecular complexity index is 743. The summed E-state index contributed by atoms with van der Waals surface area (Å²) in [6.45, 7) is 5.88. The molecule has 2 aromatic rings. The molecule has 116 valence electrons. The summed E-state index contributed by atoms with van der Waals surface area (Å²) in [7, 11) is 0. The van der Waals surface area contributed by atoms with Gasteiger partial charge in [-0.2, -0.15) is 5.10 Å². The van der Waals surface area contributed by atoms with Gasteiger partial charge in [0.05, 0.1) is 11.6 Å². The molecule has 0 aliphatic carbocycles. The third-order valence-corrected chi connectivity index (χ3v) is 4.27. The zero-order chi connectivity index (χ0) is 15.7. The predicted molar refractivity (Wildman–Crippen MR) is 85.5 cm³/mol. The van der Waals surface area contributed by atoms with Gasteiger partial charge < -0.3 is 4.90 Å². The van der Waals surface area contributed by atoms with Gasteiger partial charge in [-0.1, -0.05) is 32.0 Å². The number of carbonyl (C=O) groups is 1. The zero-order valence-corrected chi connectivity index (χ0v) is 13.0. The van der Waals surface area contributed by atoms with Gasteiger partial charge in [-0.15, -0.1) is 0 Å². The van der Waals surface area contributed by atoms with Gasteiger partial charge in [0.2, 0.25) is 5.91 Å². The molecule has 0 N–H and O–H groups in total. The molecule has 2 atom stereocenters. The Morgan fingerprint density at radius 1 is 1.23 bits per heavy atom. The van der Waals surface area contributed by atoms with Gasteiger partial charge in [-0.3, -0.25) is 9.59 Å². The lowest BCUT2D eigenvalue weighted by Crippen LogP contribution is -2.45. The molecule has 2 unspecified atom stereocenters. The van der Waals surface area contributed by atoms with Crippen molar-refractivity contribution in [3.05, 3.63) is 40.8 Å². The van der Waals surface area contributed by atoms with Crippen LogP contribution in [0.3, 0.4) is 0 Å². The highest BCUT2D eigenvalue weighted by Gasteiger charge is 2.25. The molecule has 1 aromatic carbocycles. The zero-order valence-electron chi connectivity index (χ0n) is 13.0. The van der Waals surface area contributed by atoms with Crippen LogP contribution in [0.4, 0.5) is 0 Å². The van der Waals surface area contributed by atoms with Crippen LogP contribution in [0.15, 0.2) is 35.3 Å². The molecular weight excluding hydrogens is 278 g/mol. The summed E-state index contributed by atoms with van der Waals surface area (Å²) in [5.74, 6) is 0.992. The molecule has 5 nitrogen and oxygen atoms in total. The Morgan fingerprint density at radius 3 is 2.64 bits per heavy atom. The first kappa shape index (κ1) is 14.8. The second kappa shape index (κ2) is 5.91. The van der Waals surface area contributed by atoms with Gasteiger partial charge in [0.1, 0.15) is 6.54 Å². The molecule has 1 fully saturated rings. The van der Waals surface area contributed by atoms with Gasteiger partial charge >= 0.3 is 0 Å². The molecule has 3 rings (SSSR count). The van der Waals surface area contributed by atoms with Gasteiger partial charge in [0.15, 0.2) is 0 Å². The first-order chi connectivity index (χ1) is 10.5. The fourth-order valence-electron chi connectivity index (χ4n) is 3.34. The number of benzene rings is 1. The minimum Gasteiger partial charge on any atom is -0.341 e. The predicted octanol–water partition coefficient (Wildman–Crippen LogP) is 1.90. The number of fused-ring (bicyclic) bond motifs is 1. The quantitative estimate of drug-likeness (QED) is 0.851. The highest BCUT2D eigenvalue weighted by atomic mass is 16.2. The molecule has 1 aromatic heterocycles. The van der Waals surface area contributed by atoms with E-state index in [1.165, 1.54) is 4.68 Å². The van der Waals surface area contributed by atoms with E-state index in [-0.39, 0.29) is 18.0 Å². The highest BCUT2D eigenvalue weighted by Crippen LogP contribution is 2.21. The Morgan fingerprint density at radius 2 is 1.91 bits per heavy atom. The maximum absolute atomic E-state index is 12.5. The Balaban J connectivity index is 1.82. The molecule has 0 radical (unpaired) electrons. The molecule has 0 spiro atoms. The number of piperidine rings is 1. The Hall–Kier alpha value is -2.17. The van der Waals surface area contributed by atoms with Gasteiger partial charge in [-0.25, -0.2) is 4.68 Å². The van der Waals surface area contributed by atoms with Crippen LogP contribution in [-0.2, 0) is 11.3 Å². The average molecular weight is 299 g/mol. The third kappa shape index (κ3) is 2.89. The van der Waals surface area contributed by atoms with E-state index in [4.69, 9.17) is 0 Å². The summed E-state index contributed by atoms with van der Waals surface area (Å²) < 4.78 is 1.27. The van der Waals surface area contributed by atoms with Crippen LogP contribution in [0.1, 0.15) is 20.3 Å². The number of carbonyl (C=O) groups excluding carboxylic acids is 1. The number of aromatic nitrogens is 2. The van der Waals surface area contributed by atoms with Crippen LogP contribution in [-0.4, -0.2) is 33.7 Å². The van der Waals surface area contributed by atoms with Crippen LogP contribution in [0.25, 0.3) is 10.8 Å². The van der Waals surface area contributed by atoms with Gasteiger partial charge in [0.25, 0.3) is 5.56 Å². The van der Waals surface area contributed by atoms with Gasteiger partial charge in [-0.05, 0) is 24.3 Å². The number of nitrogens with zero attached hydrogens (tertiary/aromatic N) is 3. The topological polar surface area (TPSA) is 55.2 Å². The molecule has 1 saturated heterocycles. The first-order valence-corrected chi connectivity index (χ1v) is 7.77. The van der Waals surface area contributed by atoms with E-state index in [9.17, 15) is 9.59 Å². The van der Waals surface area contributed by atoms with Crippen molar-refractivity contribution in [2.24, 2.45) is 11.8 Å². The number of amides is 1. The molecular formula is C17H21N3O2. The molecule has 1 aliphatic rings. The van der Waals surface area contributed by atoms with Crippen LogP contribution in [0.5, 0.6) is 0 Å². The van der Waals surface area contributed by atoms with Crippen molar-refractivity contribution in [1.29, 1.82) is 0 Å². The monoisotopic (exact) mass is 299 g/mol. The number of hydrogen-bond donors (Lipinski definition) is 0. The van der Waals surface area contributed by atoms with Gasteiger partial charge in [0, 0.05) is 18.5 Å².